The highest BCUT2D eigenvalue weighted by molar-refractivity contribution is 6.03. The third kappa shape index (κ3) is 2.50. The number of aromatic amines is 1. The minimum atomic E-state index is -0.130. The number of H-pyrrole nitrogens is 1. The Morgan fingerprint density at radius 3 is 2.63 bits per heavy atom. The van der Waals surface area contributed by atoms with Gasteiger partial charge in [-0.2, -0.15) is 5.10 Å². The summed E-state index contributed by atoms with van der Waals surface area (Å²) in [6.45, 7) is 0. The van der Waals surface area contributed by atoms with Crippen LogP contribution < -0.4 is 5.56 Å². The molecule has 1 N–H and O–H groups in total. The number of pyridine rings is 3. The van der Waals surface area contributed by atoms with Crippen LogP contribution in [0, 0.1) is 0 Å². The van der Waals surface area contributed by atoms with E-state index in [-0.39, 0.29) is 5.56 Å². The highest BCUT2D eigenvalue weighted by Crippen LogP contribution is 2.24. The molecule has 0 bridgehead atoms. The smallest absolute Gasteiger partial charge is 0.268 e. The summed E-state index contributed by atoms with van der Waals surface area (Å²) in [6, 6.07) is 17.2. The second kappa shape index (κ2) is 6.17. The first-order valence-corrected chi connectivity index (χ1v) is 8.64. The van der Waals surface area contributed by atoms with Crippen molar-refractivity contribution in [3.05, 3.63) is 94.8 Å². The van der Waals surface area contributed by atoms with Crippen molar-refractivity contribution in [2.24, 2.45) is 0 Å². The molecule has 4 heterocycles. The quantitative estimate of drug-likeness (QED) is 0.540. The number of hydrogen-bond acceptors (Lipinski definition) is 4. The molecule has 1 aromatic carbocycles. The van der Waals surface area contributed by atoms with Crippen LogP contribution in [0.5, 0.6) is 0 Å². The number of nitrogens with one attached hydrogen (secondary N) is 1. The number of fused-ring (bicyclic) bond motifs is 3. The molecular weight excluding hydrogens is 338 g/mol. The van der Waals surface area contributed by atoms with E-state index in [2.05, 4.69) is 20.2 Å². The Kier molecular flexibility index (Phi) is 3.53. The first kappa shape index (κ1) is 15.5. The van der Waals surface area contributed by atoms with Gasteiger partial charge in [-0.25, -0.2) is 4.98 Å². The maximum atomic E-state index is 13.5. The summed E-state index contributed by atoms with van der Waals surface area (Å²) in [7, 11) is 0. The van der Waals surface area contributed by atoms with Crippen LogP contribution in [0.15, 0.2) is 78.0 Å². The fourth-order valence-corrected chi connectivity index (χ4v) is 3.42. The van der Waals surface area contributed by atoms with Gasteiger partial charge in [-0.15, -0.1) is 0 Å². The zero-order valence-corrected chi connectivity index (χ0v) is 14.3. The number of aromatic nitrogens is 5. The van der Waals surface area contributed by atoms with Gasteiger partial charge in [-0.1, -0.05) is 24.3 Å². The summed E-state index contributed by atoms with van der Waals surface area (Å²) in [5.74, 6) is 0. The molecular formula is C21H15N5O. The second-order valence-corrected chi connectivity index (χ2v) is 6.31. The largest absolute Gasteiger partial charge is 0.277 e. The van der Waals surface area contributed by atoms with Crippen LogP contribution in [0.4, 0.5) is 0 Å². The molecule has 0 atom stereocenters. The Hall–Kier alpha value is -3.80. The van der Waals surface area contributed by atoms with Crippen LogP contribution >= 0.6 is 0 Å². The van der Waals surface area contributed by atoms with Gasteiger partial charge in [-0.3, -0.25) is 19.4 Å². The molecule has 0 unspecified atom stereocenters. The number of benzene rings is 1. The van der Waals surface area contributed by atoms with Crippen LogP contribution in [0.3, 0.4) is 0 Å². The molecule has 0 fully saturated rings. The van der Waals surface area contributed by atoms with Crippen molar-refractivity contribution >= 4 is 21.9 Å². The van der Waals surface area contributed by atoms with Gasteiger partial charge in [0.25, 0.3) is 5.56 Å². The highest BCUT2D eigenvalue weighted by atomic mass is 16.1. The summed E-state index contributed by atoms with van der Waals surface area (Å²) in [4.78, 5) is 22.1. The van der Waals surface area contributed by atoms with E-state index in [1.165, 1.54) is 0 Å². The van der Waals surface area contributed by atoms with E-state index in [1.807, 2.05) is 54.6 Å². The van der Waals surface area contributed by atoms with E-state index in [0.717, 1.165) is 16.6 Å². The SMILES string of the molecule is O=c1c2c(Cc3cccnc3)n[nH]c2c2cccnc2n1-c1ccccc1. The lowest BCUT2D eigenvalue weighted by Crippen LogP contribution is -2.20. The average Bonchev–Trinajstić information content (AvgIpc) is 3.14. The molecule has 130 valence electrons. The van der Waals surface area contributed by atoms with Crippen molar-refractivity contribution in [2.45, 2.75) is 6.42 Å². The van der Waals surface area contributed by atoms with E-state index in [0.29, 0.717) is 28.7 Å². The number of nitrogens with zero attached hydrogens (tertiary/aromatic N) is 4. The first-order chi connectivity index (χ1) is 13.3. The van der Waals surface area contributed by atoms with E-state index >= 15 is 0 Å². The van der Waals surface area contributed by atoms with Gasteiger partial charge in [0.2, 0.25) is 0 Å². The molecule has 6 heteroatoms. The van der Waals surface area contributed by atoms with Crippen molar-refractivity contribution in [1.29, 1.82) is 0 Å². The molecule has 0 aliphatic rings. The molecule has 4 aromatic heterocycles. The third-order valence-electron chi connectivity index (χ3n) is 4.63. The van der Waals surface area contributed by atoms with Gasteiger partial charge in [0.1, 0.15) is 5.65 Å². The minimum Gasteiger partial charge on any atom is -0.277 e. The Balaban J connectivity index is 1.85. The van der Waals surface area contributed by atoms with Crippen molar-refractivity contribution in [3.63, 3.8) is 0 Å². The van der Waals surface area contributed by atoms with Crippen molar-refractivity contribution in [3.8, 4) is 5.69 Å². The van der Waals surface area contributed by atoms with Crippen molar-refractivity contribution in [2.75, 3.05) is 0 Å². The summed E-state index contributed by atoms with van der Waals surface area (Å²) >= 11 is 0. The topological polar surface area (TPSA) is 76.5 Å². The van der Waals surface area contributed by atoms with Gasteiger partial charge in [0.15, 0.2) is 0 Å². The van der Waals surface area contributed by atoms with Crippen molar-refractivity contribution < 1.29 is 0 Å². The van der Waals surface area contributed by atoms with E-state index < -0.39 is 0 Å². The van der Waals surface area contributed by atoms with Crippen LogP contribution in [0.1, 0.15) is 11.3 Å². The van der Waals surface area contributed by atoms with Gasteiger partial charge in [0, 0.05) is 30.4 Å². The predicted octanol–water partition coefficient (Wildman–Crippen LogP) is 3.25. The molecule has 0 saturated heterocycles. The number of para-hydroxylation sites is 1. The van der Waals surface area contributed by atoms with Gasteiger partial charge < -0.3 is 0 Å². The standard InChI is InChI=1S/C21H15N5O/c27-21-18-17(12-14-6-4-10-22-13-14)24-25-19(18)16-9-5-11-23-20(16)26(21)15-7-2-1-3-8-15/h1-11,13H,12H2,(H,24,25). The molecule has 0 saturated carbocycles. The van der Waals surface area contributed by atoms with E-state index in [1.54, 1.807) is 23.2 Å². The maximum absolute atomic E-state index is 13.5. The lowest BCUT2D eigenvalue weighted by atomic mass is 10.1. The molecule has 6 nitrogen and oxygen atoms in total. The van der Waals surface area contributed by atoms with E-state index in [9.17, 15) is 4.79 Å². The zero-order valence-electron chi connectivity index (χ0n) is 14.3. The fourth-order valence-electron chi connectivity index (χ4n) is 3.42. The van der Waals surface area contributed by atoms with Crippen LogP contribution in [-0.2, 0) is 6.42 Å². The minimum absolute atomic E-state index is 0.130. The number of rotatable bonds is 3. The van der Waals surface area contributed by atoms with Crippen LogP contribution in [0.25, 0.3) is 27.6 Å². The van der Waals surface area contributed by atoms with Crippen molar-refractivity contribution in [1.82, 2.24) is 24.7 Å². The van der Waals surface area contributed by atoms with Crippen LogP contribution in [0.2, 0.25) is 0 Å². The Bertz CT molecular complexity index is 1310. The van der Waals surface area contributed by atoms with Crippen LogP contribution in [-0.4, -0.2) is 24.7 Å². The Labute approximate surface area is 154 Å². The molecule has 0 spiro atoms. The molecule has 0 aliphatic carbocycles. The highest BCUT2D eigenvalue weighted by Gasteiger charge is 2.18. The summed E-state index contributed by atoms with van der Waals surface area (Å²) in [5.41, 5.74) is 3.69. The Morgan fingerprint density at radius 1 is 0.963 bits per heavy atom. The molecule has 0 amide bonds. The lowest BCUT2D eigenvalue weighted by molar-refractivity contribution is 0.999. The van der Waals surface area contributed by atoms with E-state index in [4.69, 9.17) is 0 Å². The molecule has 0 radical (unpaired) electrons. The molecule has 27 heavy (non-hydrogen) atoms. The summed E-state index contributed by atoms with van der Waals surface area (Å²) in [6.07, 6.45) is 5.75. The molecule has 5 aromatic rings. The first-order valence-electron chi connectivity index (χ1n) is 8.64. The van der Waals surface area contributed by atoms with Gasteiger partial charge in [-0.05, 0) is 35.9 Å². The summed E-state index contributed by atoms with van der Waals surface area (Å²) < 4.78 is 1.65. The number of hydrogen-bond donors (Lipinski definition) is 1. The normalized spacial score (nSPS) is 11.3. The monoisotopic (exact) mass is 353 g/mol. The average molecular weight is 353 g/mol. The molecule has 5 rings (SSSR count). The zero-order chi connectivity index (χ0) is 18.2. The second-order valence-electron chi connectivity index (χ2n) is 6.31. The van der Waals surface area contributed by atoms with Gasteiger partial charge >= 0.3 is 0 Å². The van der Waals surface area contributed by atoms with Gasteiger partial charge in [0.05, 0.1) is 22.3 Å². The molecule has 0 aliphatic heterocycles. The third-order valence-corrected chi connectivity index (χ3v) is 4.63. The summed E-state index contributed by atoms with van der Waals surface area (Å²) in [5, 5.41) is 8.94. The predicted molar refractivity (Wildman–Crippen MR) is 104 cm³/mol. The lowest BCUT2D eigenvalue weighted by Gasteiger charge is -2.10. The Morgan fingerprint density at radius 2 is 1.81 bits per heavy atom. The maximum Gasteiger partial charge on any atom is 0.268 e. The fraction of sp³-hybridized carbons (Fsp3) is 0.0476.